The molecular weight excluding hydrogens is 242 g/mol. The second-order valence-corrected chi connectivity index (χ2v) is 4.90. The molecule has 0 unspecified atom stereocenters. The molecule has 0 bridgehead atoms. The number of aromatic nitrogens is 2. The van der Waals surface area contributed by atoms with Gasteiger partial charge in [0, 0.05) is 25.4 Å². The largest absolute Gasteiger partial charge is 0.365 e. The molecule has 1 amide bonds. The minimum Gasteiger partial charge on any atom is -0.365 e. The average molecular weight is 263 g/mol. The first-order valence-electron chi connectivity index (χ1n) is 6.65. The van der Waals surface area contributed by atoms with Gasteiger partial charge in [-0.2, -0.15) is 5.10 Å². The maximum absolute atomic E-state index is 12.4. The summed E-state index contributed by atoms with van der Waals surface area (Å²) in [7, 11) is 1.89. The molecule has 0 spiro atoms. The highest BCUT2D eigenvalue weighted by molar-refractivity contribution is 5.81. The summed E-state index contributed by atoms with van der Waals surface area (Å²) in [5.41, 5.74) is 1.10. The van der Waals surface area contributed by atoms with Gasteiger partial charge < -0.3 is 9.64 Å². The fourth-order valence-corrected chi connectivity index (χ4v) is 2.51. The van der Waals surface area contributed by atoms with Gasteiger partial charge in [-0.05, 0) is 19.8 Å². The summed E-state index contributed by atoms with van der Waals surface area (Å²) in [5, 5.41) is 4.18. The van der Waals surface area contributed by atoms with Gasteiger partial charge in [0.2, 0.25) is 0 Å². The van der Waals surface area contributed by atoms with Gasteiger partial charge >= 0.3 is 0 Å². The van der Waals surface area contributed by atoms with E-state index in [0.29, 0.717) is 6.61 Å². The third-order valence-electron chi connectivity index (χ3n) is 3.46. The van der Waals surface area contributed by atoms with Crippen LogP contribution in [0.3, 0.4) is 0 Å². The fraction of sp³-hybridized carbons (Fsp3) is 0.571. The summed E-state index contributed by atoms with van der Waals surface area (Å²) in [6.07, 6.45) is 7.07. The number of likely N-dealkylation sites (tertiary alicyclic amines) is 1. The minimum atomic E-state index is -0.421. The smallest absolute Gasteiger partial charge is 0.251 e. The lowest BCUT2D eigenvalue weighted by molar-refractivity contribution is -0.142. The van der Waals surface area contributed by atoms with Crippen molar-refractivity contribution in [2.45, 2.75) is 31.9 Å². The Labute approximate surface area is 113 Å². The van der Waals surface area contributed by atoms with Gasteiger partial charge in [0.25, 0.3) is 5.91 Å². The standard InChI is InChI=1S/C14H21N3O2/c1-4-8-19-11(2)14(18)17-7-5-6-13(17)12-9-15-16(3)10-12/h4,9-11,13H,1,5-8H2,2-3H3/t11-,13-/m1/s1. The molecule has 5 nitrogen and oxygen atoms in total. The van der Waals surface area contributed by atoms with E-state index in [9.17, 15) is 4.79 Å². The summed E-state index contributed by atoms with van der Waals surface area (Å²) >= 11 is 0. The lowest BCUT2D eigenvalue weighted by Crippen LogP contribution is -2.38. The van der Waals surface area contributed by atoms with Crippen LogP contribution in [-0.4, -0.2) is 39.8 Å². The highest BCUT2D eigenvalue weighted by Gasteiger charge is 2.33. The molecular formula is C14H21N3O2. The lowest BCUT2D eigenvalue weighted by atomic mass is 10.1. The number of hydrogen-bond acceptors (Lipinski definition) is 3. The Kier molecular flexibility index (Phi) is 4.37. The maximum atomic E-state index is 12.4. The zero-order valence-electron chi connectivity index (χ0n) is 11.6. The zero-order chi connectivity index (χ0) is 13.8. The predicted octanol–water partition coefficient (Wildman–Crippen LogP) is 1.67. The number of carbonyl (C=O) groups is 1. The van der Waals surface area contributed by atoms with Gasteiger partial charge in [0.1, 0.15) is 6.10 Å². The first-order valence-corrected chi connectivity index (χ1v) is 6.65. The molecule has 2 rings (SSSR count). The van der Waals surface area contributed by atoms with Gasteiger partial charge in [0.05, 0.1) is 18.8 Å². The summed E-state index contributed by atoms with van der Waals surface area (Å²) in [6.45, 7) is 6.58. The van der Waals surface area contributed by atoms with E-state index in [1.807, 2.05) is 24.3 Å². The van der Waals surface area contributed by atoms with Gasteiger partial charge in [-0.3, -0.25) is 9.48 Å². The van der Waals surface area contributed by atoms with Gasteiger partial charge in [0.15, 0.2) is 0 Å². The van der Waals surface area contributed by atoms with Gasteiger partial charge in [-0.25, -0.2) is 0 Å². The number of amides is 1. The summed E-state index contributed by atoms with van der Waals surface area (Å²) in [6, 6.07) is 0.135. The van der Waals surface area contributed by atoms with E-state index in [4.69, 9.17) is 4.74 Å². The fourth-order valence-electron chi connectivity index (χ4n) is 2.51. The molecule has 19 heavy (non-hydrogen) atoms. The highest BCUT2D eigenvalue weighted by Crippen LogP contribution is 2.32. The molecule has 1 aromatic heterocycles. The Morgan fingerprint density at radius 2 is 2.53 bits per heavy atom. The first-order chi connectivity index (χ1) is 9.13. The van der Waals surface area contributed by atoms with Crippen molar-refractivity contribution in [1.29, 1.82) is 0 Å². The number of rotatable bonds is 5. The molecule has 104 valence electrons. The first kappa shape index (κ1) is 13.8. The van der Waals surface area contributed by atoms with E-state index in [0.717, 1.165) is 24.9 Å². The molecule has 1 aliphatic heterocycles. The molecule has 2 atom stereocenters. The number of aryl methyl sites for hydroxylation is 1. The van der Waals surface area contributed by atoms with E-state index in [1.165, 1.54) is 0 Å². The molecule has 2 heterocycles. The van der Waals surface area contributed by atoms with Crippen molar-refractivity contribution in [2.24, 2.45) is 7.05 Å². The van der Waals surface area contributed by atoms with Crippen molar-refractivity contribution < 1.29 is 9.53 Å². The molecule has 0 aliphatic carbocycles. The zero-order valence-corrected chi connectivity index (χ0v) is 11.6. The topological polar surface area (TPSA) is 47.4 Å². The molecule has 0 radical (unpaired) electrons. The van der Waals surface area contributed by atoms with Crippen LogP contribution >= 0.6 is 0 Å². The van der Waals surface area contributed by atoms with Crippen LogP contribution in [0.2, 0.25) is 0 Å². The van der Waals surface area contributed by atoms with E-state index < -0.39 is 6.10 Å². The number of carbonyl (C=O) groups excluding carboxylic acids is 1. The molecule has 0 saturated carbocycles. The van der Waals surface area contributed by atoms with Gasteiger partial charge in [-0.15, -0.1) is 6.58 Å². The van der Waals surface area contributed by atoms with Crippen LogP contribution in [0.25, 0.3) is 0 Å². The van der Waals surface area contributed by atoms with Crippen molar-refractivity contribution >= 4 is 5.91 Å². The Hall–Kier alpha value is -1.62. The number of hydrogen-bond donors (Lipinski definition) is 0. The molecule has 5 heteroatoms. The summed E-state index contributed by atoms with van der Waals surface area (Å²) in [4.78, 5) is 14.3. The second-order valence-electron chi connectivity index (χ2n) is 4.90. The van der Waals surface area contributed by atoms with Crippen molar-refractivity contribution in [3.8, 4) is 0 Å². The van der Waals surface area contributed by atoms with E-state index in [2.05, 4.69) is 11.7 Å². The second kappa shape index (κ2) is 6.02. The summed E-state index contributed by atoms with van der Waals surface area (Å²) in [5.74, 6) is 0.0493. The normalized spacial score (nSPS) is 20.5. The Morgan fingerprint density at radius 1 is 1.74 bits per heavy atom. The van der Waals surface area contributed by atoms with Crippen LogP contribution in [0.4, 0.5) is 0 Å². The van der Waals surface area contributed by atoms with Gasteiger partial charge in [-0.1, -0.05) is 6.08 Å². The Balaban J connectivity index is 2.06. The lowest BCUT2D eigenvalue weighted by Gasteiger charge is -2.26. The van der Waals surface area contributed by atoms with Crippen LogP contribution in [0.15, 0.2) is 25.0 Å². The molecule has 0 aromatic carbocycles. The number of nitrogens with zero attached hydrogens (tertiary/aromatic N) is 3. The Morgan fingerprint density at radius 3 is 3.16 bits per heavy atom. The van der Waals surface area contributed by atoms with Crippen LogP contribution in [-0.2, 0) is 16.6 Å². The number of ether oxygens (including phenoxy) is 1. The maximum Gasteiger partial charge on any atom is 0.251 e. The molecule has 0 N–H and O–H groups in total. The minimum absolute atomic E-state index is 0.0493. The van der Waals surface area contributed by atoms with Crippen LogP contribution < -0.4 is 0 Å². The third kappa shape index (κ3) is 3.04. The highest BCUT2D eigenvalue weighted by atomic mass is 16.5. The van der Waals surface area contributed by atoms with Crippen molar-refractivity contribution in [1.82, 2.24) is 14.7 Å². The summed E-state index contributed by atoms with van der Waals surface area (Å²) < 4.78 is 7.20. The van der Waals surface area contributed by atoms with Crippen LogP contribution in [0, 0.1) is 0 Å². The average Bonchev–Trinajstić information content (AvgIpc) is 3.03. The monoisotopic (exact) mass is 263 g/mol. The Bertz CT molecular complexity index is 455. The predicted molar refractivity (Wildman–Crippen MR) is 72.5 cm³/mol. The molecule has 1 aromatic rings. The van der Waals surface area contributed by atoms with E-state index in [1.54, 1.807) is 17.7 Å². The molecule has 1 aliphatic rings. The van der Waals surface area contributed by atoms with Crippen molar-refractivity contribution in [2.75, 3.05) is 13.2 Å². The van der Waals surface area contributed by atoms with Crippen molar-refractivity contribution in [3.05, 3.63) is 30.6 Å². The molecule has 1 fully saturated rings. The third-order valence-corrected chi connectivity index (χ3v) is 3.46. The SMILES string of the molecule is C=CCO[C@H](C)C(=O)N1CCC[C@@H]1c1cnn(C)c1. The van der Waals surface area contributed by atoms with Crippen LogP contribution in [0.5, 0.6) is 0 Å². The van der Waals surface area contributed by atoms with E-state index >= 15 is 0 Å². The van der Waals surface area contributed by atoms with E-state index in [-0.39, 0.29) is 11.9 Å². The molecule has 1 saturated heterocycles. The van der Waals surface area contributed by atoms with Crippen molar-refractivity contribution in [3.63, 3.8) is 0 Å². The quantitative estimate of drug-likeness (QED) is 0.759. The van der Waals surface area contributed by atoms with Crippen LogP contribution in [0.1, 0.15) is 31.4 Å².